The van der Waals surface area contributed by atoms with Crippen LogP contribution in [0.2, 0.25) is 0 Å². The first-order valence-electron chi connectivity index (χ1n) is 5.90. The minimum atomic E-state index is -0.0816. The number of carbonyl (C=O) groups is 1. The number of methoxy groups -OCH3 is 1. The second-order valence-corrected chi connectivity index (χ2v) is 4.98. The Morgan fingerprint density at radius 1 is 1.32 bits per heavy atom. The van der Waals surface area contributed by atoms with Gasteiger partial charge in [0, 0.05) is 6.92 Å². The highest BCUT2D eigenvalue weighted by molar-refractivity contribution is 7.14. The molecule has 0 spiro atoms. The van der Waals surface area contributed by atoms with E-state index in [9.17, 15) is 4.79 Å². The van der Waals surface area contributed by atoms with Crippen molar-refractivity contribution in [3.05, 3.63) is 47.3 Å². The number of nitrogens with zero attached hydrogens (tertiary/aromatic N) is 1. The Morgan fingerprint density at radius 2 is 2.05 bits per heavy atom. The fraction of sp³-hybridized carbons (Fsp3) is 0.214. The zero-order chi connectivity index (χ0) is 13.7. The zero-order valence-corrected chi connectivity index (χ0v) is 11.7. The summed E-state index contributed by atoms with van der Waals surface area (Å²) < 4.78 is 5.13. The fourth-order valence-corrected chi connectivity index (χ4v) is 2.39. The van der Waals surface area contributed by atoms with Crippen molar-refractivity contribution in [1.29, 1.82) is 0 Å². The van der Waals surface area contributed by atoms with Gasteiger partial charge in [-0.3, -0.25) is 15.2 Å². The van der Waals surface area contributed by atoms with Crippen LogP contribution in [0.15, 0.2) is 41.8 Å². The molecule has 100 valence electrons. The molecule has 0 aliphatic heterocycles. The third-order valence-corrected chi connectivity index (χ3v) is 3.46. The van der Waals surface area contributed by atoms with Crippen molar-refractivity contribution in [1.82, 2.24) is 5.43 Å². The number of thiophene rings is 1. The standard InChI is InChI=1S/C14H16N2O2S/c1-11(17)15-16(14-4-3-9-19-14)10-12-5-7-13(18-2)8-6-12/h3-9H,10H2,1-2H3,(H,15,17). The molecule has 1 N–H and O–H groups in total. The molecule has 1 heterocycles. The fourth-order valence-electron chi connectivity index (χ4n) is 1.70. The van der Waals surface area contributed by atoms with E-state index in [2.05, 4.69) is 5.43 Å². The first-order valence-corrected chi connectivity index (χ1v) is 6.78. The third kappa shape index (κ3) is 3.72. The van der Waals surface area contributed by atoms with Gasteiger partial charge >= 0.3 is 0 Å². The van der Waals surface area contributed by atoms with Crippen LogP contribution in [0, 0.1) is 0 Å². The molecule has 0 aliphatic carbocycles. The molecule has 19 heavy (non-hydrogen) atoms. The Kier molecular flexibility index (Phi) is 4.41. The van der Waals surface area contributed by atoms with Gasteiger partial charge in [0.25, 0.3) is 0 Å². The second kappa shape index (κ2) is 6.24. The number of hydrazine groups is 1. The van der Waals surface area contributed by atoms with Crippen molar-refractivity contribution >= 4 is 22.2 Å². The van der Waals surface area contributed by atoms with Gasteiger partial charge in [-0.25, -0.2) is 0 Å². The number of rotatable bonds is 5. The first kappa shape index (κ1) is 13.4. The second-order valence-electron chi connectivity index (χ2n) is 4.05. The van der Waals surface area contributed by atoms with E-state index >= 15 is 0 Å². The van der Waals surface area contributed by atoms with E-state index in [4.69, 9.17) is 4.74 Å². The molecule has 4 nitrogen and oxygen atoms in total. The van der Waals surface area contributed by atoms with Crippen molar-refractivity contribution in [3.8, 4) is 5.75 Å². The van der Waals surface area contributed by atoms with Gasteiger partial charge in [0.15, 0.2) is 0 Å². The van der Waals surface area contributed by atoms with E-state index in [0.29, 0.717) is 6.54 Å². The molecule has 1 aromatic carbocycles. The number of nitrogens with one attached hydrogen (secondary N) is 1. The highest BCUT2D eigenvalue weighted by Gasteiger charge is 2.09. The van der Waals surface area contributed by atoms with Gasteiger partial charge < -0.3 is 4.74 Å². The van der Waals surface area contributed by atoms with Crippen LogP contribution >= 0.6 is 11.3 Å². The van der Waals surface area contributed by atoms with E-state index in [-0.39, 0.29) is 5.91 Å². The van der Waals surface area contributed by atoms with Crippen LogP contribution in [0.5, 0.6) is 5.75 Å². The SMILES string of the molecule is COc1ccc(CN(NC(C)=O)c2cccs2)cc1. The van der Waals surface area contributed by atoms with Crippen molar-refractivity contribution in [2.45, 2.75) is 13.5 Å². The van der Waals surface area contributed by atoms with E-state index in [1.54, 1.807) is 18.4 Å². The maximum absolute atomic E-state index is 11.3. The van der Waals surface area contributed by atoms with E-state index in [1.807, 2.05) is 46.8 Å². The molecule has 0 atom stereocenters. The normalized spacial score (nSPS) is 10.0. The summed E-state index contributed by atoms with van der Waals surface area (Å²) in [5.41, 5.74) is 3.93. The average Bonchev–Trinajstić information content (AvgIpc) is 2.92. The Labute approximate surface area is 116 Å². The van der Waals surface area contributed by atoms with Gasteiger partial charge in [-0.1, -0.05) is 12.1 Å². The van der Waals surface area contributed by atoms with Gasteiger partial charge in [0.2, 0.25) is 5.91 Å². The predicted molar refractivity (Wildman–Crippen MR) is 77.3 cm³/mol. The van der Waals surface area contributed by atoms with E-state index in [1.165, 1.54) is 6.92 Å². The Bertz CT molecular complexity index is 523. The molecule has 0 unspecified atom stereocenters. The molecule has 0 radical (unpaired) electrons. The molecular formula is C14H16N2O2S. The molecule has 2 rings (SSSR count). The summed E-state index contributed by atoms with van der Waals surface area (Å²) in [5.74, 6) is 0.743. The molecule has 1 amide bonds. The van der Waals surface area contributed by atoms with Crippen molar-refractivity contribution in [2.75, 3.05) is 12.1 Å². The van der Waals surface area contributed by atoms with Crippen molar-refractivity contribution in [3.63, 3.8) is 0 Å². The zero-order valence-electron chi connectivity index (χ0n) is 10.9. The largest absolute Gasteiger partial charge is 0.497 e. The van der Waals surface area contributed by atoms with Crippen LogP contribution in [0.4, 0.5) is 5.00 Å². The van der Waals surface area contributed by atoms with Gasteiger partial charge in [-0.15, -0.1) is 11.3 Å². The predicted octanol–water partition coefficient (Wildman–Crippen LogP) is 2.81. The summed E-state index contributed by atoms with van der Waals surface area (Å²) in [7, 11) is 1.64. The highest BCUT2D eigenvalue weighted by Crippen LogP contribution is 2.22. The number of carbonyl (C=O) groups excluding carboxylic acids is 1. The van der Waals surface area contributed by atoms with Crippen LogP contribution in [0.1, 0.15) is 12.5 Å². The lowest BCUT2D eigenvalue weighted by molar-refractivity contribution is -0.119. The van der Waals surface area contributed by atoms with Crippen LogP contribution < -0.4 is 15.2 Å². The maximum atomic E-state index is 11.3. The van der Waals surface area contributed by atoms with Crippen LogP contribution in [-0.2, 0) is 11.3 Å². The van der Waals surface area contributed by atoms with E-state index < -0.39 is 0 Å². The van der Waals surface area contributed by atoms with Gasteiger partial charge in [0.05, 0.1) is 13.7 Å². The minimum absolute atomic E-state index is 0.0816. The Morgan fingerprint density at radius 3 is 2.58 bits per heavy atom. The molecule has 2 aromatic rings. The molecule has 0 saturated carbocycles. The first-order chi connectivity index (χ1) is 9.19. The quantitative estimate of drug-likeness (QED) is 0.854. The molecule has 0 bridgehead atoms. The molecular weight excluding hydrogens is 260 g/mol. The number of ether oxygens (including phenoxy) is 1. The summed E-state index contributed by atoms with van der Waals surface area (Å²) >= 11 is 1.59. The smallest absolute Gasteiger partial charge is 0.235 e. The lowest BCUT2D eigenvalue weighted by Gasteiger charge is -2.23. The van der Waals surface area contributed by atoms with Gasteiger partial charge in [0.1, 0.15) is 10.8 Å². The third-order valence-electron chi connectivity index (χ3n) is 2.56. The Balaban J connectivity index is 2.12. The summed E-state index contributed by atoms with van der Waals surface area (Å²) in [5, 5.41) is 4.83. The number of benzene rings is 1. The molecule has 1 aromatic heterocycles. The van der Waals surface area contributed by atoms with Crippen molar-refractivity contribution < 1.29 is 9.53 Å². The van der Waals surface area contributed by atoms with Crippen LogP contribution in [0.3, 0.4) is 0 Å². The topological polar surface area (TPSA) is 41.6 Å². The minimum Gasteiger partial charge on any atom is -0.497 e. The summed E-state index contributed by atoms with van der Waals surface area (Å²) in [4.78, 5) is 11.3. The average molecular weight is 276 g/mol. The monoisotopic (exact) mass is 276 g/mol. The molecule has 0 saturated heterocycles. The number of amides is 1. The maximum Gasteiger partial charge on any atom is 0.235 e. The summed E-state index contributed by atoms with van der Waals surface area (Å²) in [6.07, 6.45) is 0. The number of hydrogen-bond acceptors (Lipinski definition) is 4. The number of anilines is 1. The summed E-state index contributed by atoms with van der Waals surface area (Å²) in [6.45, 7) is 2.12. The molecule has 0 fully saturated rings. The summed E-state index contributed by atoms with van der Waals surface area (Å²) in [6, 6.07) is 11.7. The number of hydrogen-bond donors (Lipinski definition) is 1. The van der Waals surface area contributed by atoms with E-state index in [0.717, 1.165) is 16.3 Å². The highest BCUT2D eigenvalue weighted by atomic mass is 32.1. The lowest BCUT2D eigenvalue weighted by Crippen LogP contribution is -2.40. The molecule has 5 heteroatoms. The Hall–Kier alpha value is -2.01. The molecule has 0 aliphatic rings. The van der Waals surface area contributed by atoms with Crippen LogP contribution in [0.25, 0.3) is 0 Å². The van der Waals surface area contributed by atoms with Gasteiger partial charge in [-0.2, -0.15) is 0 Å². The van der Waals surface area contributed by atoms with Gasteiger partial charge in [-0.05, 0) is 35.2 Å². The van der Waals surface area contributed by atoms with Crippen molar-refractivity contribution in [2.24, 2.45) is 0 Å². The lowest BCUT2D eigenvalue weighted by atomic mass is 10.2. The van der Waals surface area contributed by atoms with Crippen LogP contribution in [-0.4, -0.2) is 13.0 Å².